The molecule has 0 saturated heterocycles. The zero-order valence-electron chi connectivity index (χ0n) is 14.0. The summed E-state index contributed by atoms with van der Waals surface area (Å²) in [6, 6.07) is 7.31. The van der Waals surface area contributed by atoms with Gasteiger partial charge < -0.3 is 15.8 Å². The van der Waals surface area contributed by atoms with E-state index in [9.17, 15) is 9.59 Å². The Morgan fingerprint density at radius 3 is 2.52 bits per heavy atom. The van der Waals surface area contributed by atoms with E-state index in [-0.39, 0.29) is 42.8 Å². The van der Waals surface area contributed by atoms with Crippen LogP contribution in [0, 0.1) is 6.92 Å². The zero-order chi connectivity index (χ0) is 16.5. The van der Waals surface area contributed by atoms with Crippen molar-refractivity contribution in [2.45, 2.75) is 52.1 Å². The van der Waals surface area contributed by atoms with E-state index >= 15 is 0 Å². The van der Waals surface area contributed by atoms with E-state index in [2.05, 4.69) is 5.32 Å². The Morgan fingerprint density at radius 1 is 1.30 bits per heavy atom. The van der Waals surface area contributed by atoms with Crippen LogP contribution in [0.15, 0.2) is 24.3 Å². The molecular formula is C17H27ClN2O3. The van der Waals surface area contributed by atoms with Crippen molar-refractivity contribution in [2.24, 2.45) is 5.73 Å². The molecule has 0 fully saturated rings. The SMILES string of the molecule is CCOC(=O)CC(NC(=O)CCC(C)N)c1ccccc1C.Cl. The van der Waals surface area contributed by atoms with Gasteiger partial charge in [0.15, 0.2) is 0 Å². The predicted molar refractivity (Wildman–Crippen MR) is 93.4 cm³/mol. The highest BCUT2D eigenvalue weighted by molar-refractivity contribution is 5.85. The third-order valence-electron chi connectivity index (χ3n) is 3.40. The highest BCUT2D eigenvalue weighted by Crippen LogP contribution is 2.21. The standard InChI is InChI=1S/C17H26N2O3.ClH/c1-4-22-17(21)11-15(14-8-6-5-7-12(14)2)19-16(20)10-9-13(3)18;/h5-8,13,15H,4,9-11,18H2,1-3H3,(H,19,20);1H. The number of nitrogens with one attached hydrogen (secondary N) is 1. The summed E-state index contributed by atoms with van der Waals surface area (Å²) < 4.78 is 5.00. The largest absolute Gasteiger partial charge is 0.466 e. The Hall–Kier alpha value is -1.59. The van der Waals surface area contributed by atoms with Gasteiger partial charge in [-0.25, -0.2) is 0 Å². The van der Waals surface area contributed by atoms with E-state index in [0.717, 1.165) is 11.1 Å². The number of carbonyl (C=O) groups excluding carboxylic acids is 2. The number of carbonyl (C=O) groups is 2. The third-order valence-corrected chi connectivity index (χ3v) is 3.40. The van der Waals surface area contributed by atoms with Crippen molar-refractivity contribution in [1.82, 2.24) is 5.32 Å². The molecule has 0 aromatic heterocycles. The van der Waals surface area contributed by atoms with Gasteiger partial charge in [-0.05, 0) is 38.3 Å². The van der Waals surface area contributed by atoms with Crippen molar-refractivity contribution in [3.63, 3.8) is 0 Å². The van der Waals surface area contributed by atoms with Crippen molar-refractivity contribution in [3.8, 4) is 0 Å². The van der Waals surface area contributed by atoms with Gasteiger partial charge in [-0.1, -0.05) is 24.3 Å². The van der Waals surface area contributed by atoms with Crippen molar-refractivity contribution < 1.29 is 14.3 Å². The van der Waals surface area contributed by atoms with E-state index in [1.807, 2.05) is 38.1 Å². The quantitative estimate of drug-likeness (QED) is 0.711. The van der Waals surface area contributed by atoms with E-state index in [1.165, 1.54) is 0 Å². The van der Waals surface area contributed by atoms with Gasteiger partial charge in [0.05, 0.1) is 19.1 Å². The van der Waals surface area contributed by atoms with Gasteiger partial charge in [-0.2, -0.15) is 0 Å². The van der Waals surface area contributed by atoms with Crippen LogP contribution in [0.5, 0.6) is 0 Å². The molecule has 5 nitrogen and oxygen atoms in total. The molecule has 1 amide bonds. The molecule has 23 heavy (non-hydrogen) atoms. The first-order chi connectivity index (χ1) is 10.4. The molecule has 0 radical (unpaired) electrons. The fourth-order valence-electron chi connectivity index (χ4n) is 2.23. The molecule has 0 aliphatic rings. The minimum atomic E-state index is -0.374. The second kappa shape index (κ2) is 11.0. The molecule has 0 aliphatic carbocycles. The number of hydrogen-bond donors (Lipinski definition) is 2. The molecular weight excluding hydrogens is 316 g/mol. The second-order valence-electron chi connectivity index (χ2n) is 5.50. The summed E-state index contributed by atoms with van der Waals surface area (Å²) in [4.78, 5) is 23.9. The van der Waals surface area contributed by atoms with Gasteiger partial charge in [0.25, 0.3) is 0 Å². The normalized spacial score (nSPS) is 12.7. The monoisotopic (exact) mass is 342 g/mol. The maximum Gasteiger partial charge on any atom is 0.308 e. The van der Waals surface area contributed by atoms with E-state index < -0.39 is 0 Å². The minimum Gasteiger partial charge on any atom is -0.466 e. The molecule has 130 valence electrons. The Balaban J connectivity index is 0.00000484. The Bertz CT molecular complexity index is 506. The van der Waals surface area contributed by atoms with Crippen LogP contribution in [0.2, 0.25) is 0 Å². The van der Waals surface area contributed by atoms with Crippen molar-refractivity contribution in [3.05, 3.63) is 35.4 Å². The van der Waals surface area contributed by atoms with Crippen LogP contribution >= 0.6 is 12.4 Å². The molecule has 0 heterocycles. The lowest BCUT2D eigenvalue weighted by molar-refractivity contribution is -0.143. The summed E-state index contributed by atoms with van der Waals surface area (Å²) >= 11 is 0. The average Bonchev–Trinajstić information content (AvgIpc) is 2.45. The molecule has 0 saturated carbocycles. The summed E-state index contributed by atoms with van der Waals surface area (Å²) in [5.41, 5.74) is 7.64. The molecule has 0 aliphatic heterocycles. The lowest BCUT2D eigenvalue weighted by Gasteiger charge is -2.20. The number of hydrogen-bond acceptors (Lipinski definition) is 4. The summed E-state index contributed by atoms with van der Waals surface area (Å²) in [5.74, 6) is -0.418. The van der Waals surface area contributed by atoms with Crippen LogP contribution in [-0.4, -0.2) is 24.5 Å². The Kier molecular flexibility index (Phi) is 10.3. The number of benzene rings is 1. The average molecular weight is 343 g/mol. The number of halogens is 1. The van der Waals surface area contributed by atoms with E-state index in [0.29, 0.717) is 19.4 Å². The smallest absolute Gasteiger partial charge is 0.308 e. The maximum absolute atomic E-state index is 12.1. The van der Waals surface area contributed by atoms with Crippen LogP contribution in [0.4, 0.5) is 0 Å². The van der Waals surface area contributed by atoms with Crippen molar-refractivity contribution in [1.29, 1.82) is 0 Å². The molecule has 6 heteroatoms. The van der Waals surface area contributed by atoms with Crippen molar-refractivity contribution >= 4 is 24.3 Å². The van der Waals surface area contributed by atoms with Gasteiger partial charge in [-0.3, -0.25) is 9.59 Å². The first-order valence-electron chi connectivity index (χ1n) is 7.70. The van der Waals surface area contributed by atoms with Crippen molar-refractivity contribution in [2.75, 3.05) is 6.61 Å². The molecule has 1 aromatic carbocycles. The second-order valence-corrected chi connectivity index (χ2v) is 5.50. The molecule has 3 N–H and O–H groups in total. The highest BCUT2D eigenvalue weighted by atomic mass is 35.5. The van der Waals surface area contributed by atoms with Crippen LogP contribution < -0.4 is 11.1 Å². The molecule has 0 bridgehead atoms. The topological polar surface area (TPSA) is 81.4 Å². The number of esters is 1. The van der Waals surface area contributed by atoms with Crippen LogP contribution in [-0.2, 0) is 14.3 Å². The molecule has 1 aromatic rings. The molecule has 0 spiro atoms. The number of nitrogens with two attached hydrogens (primary N) is 1. The van der Waals surface area contributed by atoms with Gasteiger partial charge in [0, 0.05) is 12.5 Å². The summed E-state index contributed by atoms with van der Waals surface area (Å²) in [6.45, 7) is 5.92. The fraction of sp³-hybridized carbons (Fsp3) is 0.529. The van der Waals surface area contributed by atoms with Crippen LogP contribution in [0.3, 0.4) is 0 Å². The summed E-state index contributed by atoms with van der Waals surface area (Å²) in [7, 11) is 0. The number of rotatable bonds is 8. The first-order valence-corrected chi connectivity index (χ1v) is 7.70. The lowest BCUT2D eigenvalue weighted by atomic mass is 9.98. The number of ether oxygens (including phenoxy) is 1. The molecule has 2 atom stereocenters. The van der Waals surface area contributed by atoms with Crippen LogP contribution in [0.1, 0.15) is 50.3 Å². The lowest BCUT2D eigenvalue weighted by Crippen LogP contribution is -2.32. The van der Waals surface area contributed by atoms with Gasteiger partial charge in [-0.15, -0.1) is 12.4 Å². The first kappa shape index (κ1) is 21.4. The maximum atomic E-state index is 12.1. The number of aryl methyl sites for hydroxylation is 1. The minimum absolute atomic E-state index is 0. The Labute approximate surface area is 144 Å². The molecule has 2 unspecified atom stereocenters. The molecule has 1 rings (SSSR count). The highest BCUT2D eigenvalue weighted by Gasteiger charge is 2.20. The summed E-state index contributed by atoms with van der Waals surface area (Å²) in [5, 5.41) is 2.92. The predicted octanol–water partition coefficient (Wildman–Crippen LogP) is 2.65. The number of amides is 1. The Morgan fingerprint density at radius 2 is 1.96 bits per heavy atom. The van der Waals surface area contributed by atoms with Gasteiger partial charge >= 0.3 is 5.97 Å². The summed E-state index contributed by atoms with van der Waals surface area (Å²) in [6.07, 6.45) is 1.09. The third kappa shape index (κ3) is 8.00. The fourth-order valence-corrected chi connectivity index (χ4v) is 2.23. The van der Waals surface area contributed by atoms with Crippen LogP contribution in [0.25, 0.3) is 0 Å². The zero-order valence-corrected chi connectivity index (χ0v) is 14.8. The van der Waals surface area contributed by atoms with Gasteiger partial charge in [0.1, 0.15) is 0 Å². The van der Waals surface area contributed by atoms with E-state index in [4.69, 9.17) is 10.5 Å². The van der Waals surface area contributed by atoms with E-state index in [1.54, 1.807) is 6.92 Å². The van der Waals surface area contributed by atoms with Gasteiger partial charge in [0.2, 0.25) is 5.91 Å².